The number of imidazole rings is 1. The zero-order valence-corrected chi connectivity index (χ0v) is 19.3. The Hall–Kier alpha value is -2.96. The summed E-state index contributed by atoms with van der Waals surface area (Å²) in [5, 5.41) is 3.42. The first-order valence-electron chi connectivity index (χ1n) is 11.7. The summed E-state index contributed by atoms with van der Waals surface area (Å²) in [5.41, 5.74) is 1.33. The molecule has 2 aromatic heterocycles. The van der Waals surface area contributed by atoms with Gasteiger partial charge in [-0.05, 0) is 17.7 Å². The van der Waals surface area contributed by atoms with Crippen LogP contribution in [-0.2, 0) is 22.2 Å². The van der Waals surface area contributed by atoms with Crippen LogP contribution in [0.1, 0.15) is 11.1 Å². The minimum Gasteiger partial charge on any atom is -0.379 e. The average molecular weight is 492 g/mol. The highest BCUT2D eigenvalue weighted by atomic mass is 19.4. The molecule has 9 nitrogen and oxygen atoms in total. The highest BCUT2D eigenvalue weighted by molar-refractivity contribution is 5.84. The van der Waals surface area contributed by atoms with Gasteiger partial charge in [0.15, 0.2) is 17.0 Å². The number of nitrogens with one attached hydrogen (secondary N) is 1. The number of alkyl halides is 3. The van der Waals surface area contributed by atoms with Gasteiger partial charge in [-0.3, -0.25) is 4.90 Å². The second kappa shape index (κ2) is 10.3. The fourth-order valence-corrected chi connectivity index (χ4v) is 4.23. The first kappa shape index (κ1) is 23.8. The van der Waals surface area contributed by atoms with Gasteiger partial charge in [0.25, 0.3) is 0 Å². The van der Waals surface area contributed by atoms with Gasteiger partial charge < -0.3 is 24.3 Å². The average Bonchev–Trinajstić information content (AvgIpc) is 3.28. The van der Waals surface area contributed by atoms with Crippen molar-refractivity contribution in [1.29, 1.82) is 0 Å². The Morgan fingerprint density at radius 2 is 1.60 bits per heavy atom. The van der Waals surface area contributed by atoms with Gasteiger partial charge in [-0.25, -0.2) is 4.98 Å². The SMILES string of the molecule is FC(F)(F)c1ccc(Cn2cnc3c(NCCN4CCOCC4)nc(N4CCOCC4)nc32)cc1. The van der Waals surface area contributed by atoms with Gasteiger partial charge in [-0.2, -0.15) is 23.1 Å². The maximum atomic E-state index is 12.9. The Labute approximate surface area is 200 Å². The lowest BCUT2D eigenvalue weighted by Crippen LogP contribution is -2.39. The molecule has 2 saturated heterocycles. The molecule has 2 aliphatic rings. The van der Waals surface area contributed by atoms with E-state index in [9.17, 15) is 13.2 Å². The summed E-state index contributed by atoms with van der Waals surface area (Å²) >= 11 is 0. The summed E-state index contributed by atoms with van der Waals surface area (Å²) in [5.74, 6) is 1.24. The minimum absolute atomic E-state index is 0.349. The summed E-state index contributed by atoms with van der Waals surface area (Å²) in [4.78, 5) is 18.5. The monoisotopic (exact) mass is 491 g/mol. The Kier molecular flexibility index (Phi) is 7.02. The maximum absolute atomic E-state index is 12.9. The lowest BCUT2D eigenvalue weighted by atomic mass is 10.1. The summed E-state index contributed by atoms with van der Waals surface area (Å²) in [6.07, 6.45) is -2.70. The molecule has 0 bridgehead atoms. The molecule has 0 unspecified atom stereocenters. The molecule has 35 heavy (non-hydrogen) atoms. The summed E-state index contributed by atoms with van der Waals surface area (Å²) in [7, 11) is 0. The van der Waals surface area contributed by atoms with Crippen LogP contribution in [0.2, 0.25) is 0 Å². The summed E-state index contributed by atoms with van der Waals surface area (Å²) in [6, 6.07) is 5.17. The molecule has 12 heteroatoms. The third kappa shape index (κ3) is 5.65. The van der Waals surface area contributed by atoms with E-state index in [0.717, 1.165) is 50.5 Å². The molecule has 0 spiro atoms. The van der Waals surface area contributed by atoms with E-state index in [1.807, 2.05) is 4.57 Å². The zero-order valence-electron chi connectivity index (χ0n) is 19.3. The number of aromatic nitrogens is 4. The smallest absolute Gasteiger partial charge is 0.379 e. The third-order valence-electron chi connectivity index (χ3n) is 6.20. The van der Waals surface area contributed by atoms with Crippen LogP contribution >= 0.6 is 0 Å². The number of anilines is 2. The number of benzene rings is 1. The third-order valence-corrected chi connectivity index (χ3v) is 6.20. The van der Waals surface area contributed by atoms with Crippen molar-refractivity contribution in [2.45, 2.75) is 12.7 Å². The summed E-state index contributed by atoms with van der Waals surface area (Å²) < 4.78 is 51.5. The van der Waals surface area contributed by atoms with Gasteiger partial charge >= 0.3 is 6.18 Å². The van der Waals surface area contributed by atoms with E-state index in [4.69, 9.17) is 19.4 Å². The molecule has 0 amide bonds. The number of fused-ring (bicyclic) bond motifs is 1. The van der Waals surface area contributed by atoms with Gasteiger partial charge in [0.2, 0.25) is 5.95 Å². The molecule has 188 valence electrons. The molecule has 1 aromatic carbocycles. The van der Waals surface area contributed by atoms with Crippen molar-refractivity contribution in [3.05, 3.63) is 41.7 Å². The fourth-order valence-electron chi connectivity index (χ4n) is 4.23. The van der Waals surface area contributed by atoms with Crippen molar-refractivity contribution < 1.29 is 22.6 Å². The molecule has 4 heterocycles. The van der Waals surface area contributed by atoms with Crippen molar-refractivity contribution in [3.63, 3.8) is 0 Å². The van der Waals surface area contributed by atoms with Crippen LogP contribution < -0.4 is 10.2 Å². The number of hydrogen-bond acceptors (Lipinski definition) is 8. The molecule has 2 aliphatic heterocycles. The highest BCUT2D eigenvalue weighted by Gasteiger charge is 2.30. The molecular weight excluding hydrogens is 463 g/mol. The Balaban J connectivity index is 1.39. The Bertz CT molecular complexity index is 1120. The molecule has 3 aromatic rings. The van der Waals surface area contributed by atoms with E-state index in [0.29, 0.717) is 62.3 Å². The van der Waals surface area contributed by atoms with Crippen LogP contribution in [0.4, 0.5) is 24.9 Å². The molecule has 0 aliphatic carbocycles. The van der Waals surface area contributed by atoms with Crippen LogP contribution in [0.3, 0.4) is 0 Å². The van der Waals surface area contributed by atoms with Crippen molar-refractivity contribution >= 4 is 22.9 Å². The van der Waals surface area contributed by atoms with E-state index in [2.05, 4.69) is 20.1 Å². The number of morpholine rings is 2. The molecule has 0 radical (unpaired) electrons. The van der Waals surface area contributed by atoms with Gasteiger partial charge in [0, 0.05) is 39.3 Å². The molecule has 2 fully saturated rings. The molecule has 0 saturated carbocycles. The lowest BCUT2D eigenvalue weighted by Gasteiger charge is -2.28. The highest BCUT2D eigenvalue weighted by Crippen LogP contribution is 2.29. The minimum atomic E-state index is -4.36. The lowest BCUT2D eigenvalue weighted by molar-refractivity contribution is -0.137. The molecule has 1 N–H and O–H groups in total. The first-order valence-corrected chi connectivity index (χ1v) is 11.7. The van der Waals surface area contributed by atoms with E-state index >= 15 is 0 Å². The number of rotatable bonds is 7. The van der Waals surface area contributed by atoms with E-state index in [-0.39, 0.29) is 0 Å². The van der Waals surface area contributed by atoms with Crippen molar-refractivity contribution in [2.24, 2.45) is 0 Å². The van der Waals surface area contributed by atoms with Crippen molar-refractivity contribution in [2.75, 3.05) is 75.9 Å². The molecule has 0 atom stereocenters. The van der Waals surface area contributed by atoms with Gasteiger partial charge in [-0.1, -0.05) is 12.1 Å². The molecular formula is C23H28F3N7O2. The van der Waals surface area contributed by atoms with Crippen LogP contribution in [-0.4, -0.2) is 90.1 Å². The van der Waals surface area contributed by atoms with Crippen molar-refractivity contribution in [3.8, 4) is 0 Å². The number of nitrogens with zero attached hydrogens (tertiary/aromatic N) is 6. The largest absolute Gasteiger partial charge is 0.416 e. The zero-order chi connectivity index (χ0) is 24.3. The second-order valence-corrected chi connectivity index (χ2v) is 8.59. The first-order chi connectivity index (χ1) is 17.0. The van der Waals surface area contributed by atoms with E-state index in [1.165, 1.54) is 12.1 Å². The predicted octanol–water partition coefficient (Wildman–Crippen LogP) is 2.47. The van der Waals surface area contributed by atoms with Crippen LogP contribution in [0.15, 0.2) is 30.6 Å². The summed E-state index contributed by atoms with van der Waals surface area (Å²) in [6.45, 7) is 7.77. The molecule has 5 rings (SSSR count). The Morgan fingerprint density at radius 3 is 2.29 bits per heavy atom. The maximum Gasteiger partial charge on any atom is 0.416 e. The van der Waals surface area contributed by atoms with E-state index < -0.39 is 11.7 Å². The Morgan fingerprint density at radius 1 is 0.914 bits per heavy atom. The quantitative estimate of drug-likeness (QED) is 0.540. The standard InChI is InChI=1S/C23H28F3N7O2/c24-23(25,26)18-3-1-17(2-4-18)15-33-16-28-19-20(27-5-6-31-7-11-34-12-8-31)29-22(30-21(19)33)32-9-13-35-14-10-32/h1-4,16H,5-15H2,(H,27,29,30). The van der Waals surface area contributed by atoms with Crippen LogP contribution in [0.5, 0.6) is 0 Å². The van der Waals surface area contributed by atoms with Crippen LogP contribution in [0.25, 0.3) is 11.2 Å². The fraction of sp³-hybridized carbons (Fsp3) is 0.522. The van der Waals surface area contributed by atoms with Gasteiger partial charge in [0.1, 0.15) is 0 Å². The normalized spacial score (nSPS) is 17.7. The number of halogens is 3. The number of ether oxygens (including phenoxy) is 2. The predicted molar refractivity (Wildman–Crippen MR) is 125 cm³/mol. The van der Waals surface area contributed by atoms with Crippen molar-refractivity contribution in [1.82, 2.24) is 24.4 Å². The topological polar surface area (TPSA) is 80.6 Å². The second-order valence-electron chi connectivity index (χ2n) is 8.59. The van der Waals surface area contributed by atoms with Gasteiger partial charge in [0.05, 0.1) is 44.9 Å². The number of hydrogen-bond donors (Lipinski definition) is 1. The van der Waals surface area contributed by atoms with Crippen LogP contribution in [0, 0.1) is 0 Å². The van der Waals surface area contributed by atoms with E-state index in [1.54, 1.807) is 6.33 Å². The van der Waals surface area contributed by atoms with Gasteiger partial charge in [-0.15, -0.1) is 0 Å².